The van der Waals surface area contributed by atoms with Crippen molar-refractivity contribution in [3.63, 3.8) is 0 Å². The number of piperazine rings is 1. The molecule has 0 aromatic carbocycles. The first kappa shape index (κ1) is 21.1. The standard InChI is InChI=1S/C16H30N2O2.C2H6/c1-12(2)14(20)15(4,5)16(6,7)18-10-8-17(9-11-18)13(3)19;1-2/h12H,8-11H2,1-7H3;1-2H3. The number of Topliss-reactive ketones (excluding diaryl/α,β-unsaturated/α-hetero) is 1. The number of hydrogen-bond acceptors (Lipinski definition) is 3. The summed E-state index contributed by atoms with van der Waals surface area (Å²) >= 11 is 0. The zero-order valence-corrected chi connectivity index (χ0v) is 16.1. The summed E-state index contributed by atoms with van der Waals surface area (Å²) in [6.07, 6.45) is 0. The largest absolute Gasteiger partial charge is 0.340 e. The van der Waals surface area contributed by atoms with Crippen LogP contribution in [0.1, 0.15) is 62.3 Å². The maximum absolute atomic E-state index is 12.5. The van der Waals surface area contributed by atoms with E-state index in [0.29, 0.717) is 5.78 Å². The van der Waals surface area contributed by atoms with Gasteiger partial charge in [-0.3, -0.25) is 14.5 Å². The molecule has 1 aliphatic heterocycles. The van der Waals surface area contributed by atoms with E-state index in [4.69, 9.17) is 0 Å². The van der Waals surface area contributed by atoms with Gasteiger partial charge in [0.2, 0.25) is 5.91 Å². The Morgan fingerprint density at radius 1 is 0.909 bits per heavy atom. The zero-order chi connectivity index (χ0) is 17.7. The molecule has 1 fully saturated rings. The van der Waals surface area contributed by atoms with Gasteiger partial charge in [-0.1, -0.05) is 41.5 Å². The van der Waals surface area contributed by atoms with Crippen LogP contribution in [0.2, 0.25) is 0 Å². The molecule has 22 heavy (non-hydrogen) atoms. The van der Waals surface area contributed by atoms with E-state index < -0.39 is 5.41 Å². The molecule has 0 aromatic heterocycles. The van der Waals surface area contributed by atoms with E-state index >= 15 is 0 Å². The fourth-order valence-corrected chi connectivity index (χ4v) is 3.00. The predicted octanol–water partition coefficient (Wildman–Crippen LogP) is 3.21. The Balaban J connectivity index is 0.00000211. The highest BCUT2D eigenvalue weighted by molar-refractivity contribution is 5.87. The van der Waals surface area contributed by atoms with Crippen molar-refractivity contribution >= 4 is 11.7 Å². The normalized spacial score (nSPS) is 17.1. The van der Waals surface area contributed by atoms with Gasteiger partial charge in [-0.25, -0.2) is 0 Å². The molecule has 0 spiro atoms. The number of hydrogen-bond donors (Lipinski definition) is 0. The third-order valence-electron chi connectivity index (χ3n) is 5.19. The predicted molar refractivity (Wildman–Crippen MR) is 92.9 cm³/mol. The number of carbonyl (C=O) groups is 2. The highest BCUT2D eigenvalue weighted by Crippen LogP contribution is 2.38. The van der Waals surface area contributed by atoms with Crippen LogP contribution >= 0.6 is 0 Å². The molecule has 4 nitrogen and oxygen atoms in total. The lowest BCUT2D eigenvalue weighted by molar-refractivity contribution is -0.142. The molecule has 0 saturated carbocycles. The van der Waals surface area contributed by atoms with Crippen molar-refractivity contribution in [2.45, 2.75) is 67.9 Å². The fourth-order valence-electron chi connectivity index (χ4n) is 3.00. The van der Waals surface area contributed by atoms with Crippen LogP contribution in [-0.4, -0.2) is 53.2 Å². The van der Waals surface area contributed by atoms with Crippen molar-refractivity contribution in [2.24, 2.45) is 11.3 Å². The Morgan fingerprint density at radius 2 is 1.32 bits per heavy atom. The average molecular weight is 312 g/mol. The van der Waals surface area contributed by atoms with Crippen LogP contribution in [0.25, 0.3) is 0 Å². The van der Waals surface area contributed by atoms with Crippen molar-refractivity contribution in [2.75, 3.05) is 26.2 Å². The molecule has 0 radical (unpaired) electrons. The molecule has 0 aromatic rings. The zero-order valence-electron chi connectivity index (χ0n) is 16.1. The van der Waals surface area contributed by atoms with Gasteiger partial charge in [-0.2, -0.15) is 0 Å². The van der Waals surface area contributed by atoms with Crippen LogP contribution < -0.4 is 0 Å². The van der Waals surface area contributed by atoms with E-state index in [-0.39, 0.29) is 17.4 Å². The van der Waals surface area contributed by atoms with Crippen LogP contribution in [0.4, 0.5) is 0 Å². The third kappa shape index (κ3) is 4.31. The third-order valence-corrected chi connectivity index (χ3v) is 5.19. The molecule has 1 amide bonds. The minimum atomic E-state index is -0.403. The second-order valence-corrected chi connectivity index (χ2v) is 7.20. The Labute approximate surface area is 137 Å². The Bertz CT molecular complexity index is 379. The van der Waals surface area contributed by atoms with Gasteiger partial charge in [0.15, 0.2) is 0 Å². The molecule has 130 valence electrons. The van der Waals surface area contributed by atoms with Crippen molar-refractivity contribution < 1.29 is 9.59 Å². The summed E-state index contributed by atoms with van der Waals surface area (Å²) in [6.45, 7) is 21.1. The van der Waals surface area contributed by atoms with Gasteiger partial charge in [0, 0.05) is 50.0 Å². The van der Waals surface area contributed by atoms with Crippen molar-refractivity contribution in [3.05, 3.63) is 0 Å². The molecular weight excluding hydrogens is 276 g/mol. The number of carbonyl (C=O) groups excluding carboxylic acids is 2. The van der Waals surface area contributed by atoms with Crippen LogP contribution in [0.3, 0.4) is 0 Å². The SMILES string of the molecule is CC.CC(=O)N1CCN(C(C)(C)C(C)(C)C(=O)C(C)C)CC1. The van der Waals surface area contributed by atoms with Gasteiger partial charge < -0.3 is 4.90 Å². The Kier molecular flexibility index (Phi) is 7.76. The molecule has 4 heteroatoms. The van der Waals surface area contributed by atoms with Crippen LogP contribution in [-0.2, 0) is 9.59 Å². The first-order chi connectivity index (χ1) is 10.0. The van der Waals surface area contributed by atoms with E-state index in [0.717, 1.165) is 26.2 Å². The van der Waals surface area contributed by atoms with Gasteiger partial charge in [0.25, 0.3) is 0 Å². The van der Waals surface area contributed by atoms with Gasteiger partial charge >= 0.3 is 0 Å². The lowest BCUT2D eigenvalue weighted by atomic mass is 9.67. The molecule has 0 bridgehead atoms. The molecule has 0 aliphatic carbocycles. The maximum Gasteiger partial charge on any atom is 0.219 e. The minimum Gasteiger partial charge on any atom is -0.340 e. The van der Waals surface area contributed by atoms with E-state index in [9.17, 15) is 9.59 Å². The number of amides is 1. The highest BCUT2D eigenvalue weighted by atomic mass is 16.2. The Morgan fingerprint density at radius 3 is 1.64 bits per heavy atom. The van der Waals surface area contributed by atoms with E-state index in [1.807, 2.05) is 46.4 Å². The van der Waals surface area contributed by atoms with E-state index in [2.05, 4.69) is 18.7 Å². The van der Waals surface area contributed by atoms with Crippen molar-refractivity contribution in [1.82, 2.24) is 9.80 Å². The Hall–Kier alpha value is -0.900. The van der Waals surface area contributed by atoms with Gasteiger partial charge in [-0.15, -0.1) is 0 Å². The average Bonchev–Trinajstić information content (AvgIpc) is 2.48. The first-order valence-electron chi connectivity index (χ1n) is 8.56. The summed E-state index contributed by atoms with van der Waals surface area (Å²) in [7, 11) is 0. The van der Waals surface area contributed by atoms with Gasteiger partial charge in [0.05, 0.1) is 0 Å². The van der Waals surface area contributed by atoms with Gasteiger partial charge in [-0.05, 0) is 13.8 Å². The smallest absolute Gasteiger partial charge is 0.219 e. The van der Waals surface area contributed by atoms with E-state index in [1.54, 1.807) is 6.92 Å². The summed E-state index contributed by atoms with van der Waals surface area (Å²) in [5, 5.41) is 0. The van der Waals surface area contributed by atoms with Crippen molar-refractivity contribution in [1.29, 1.82) is 0 Å². The molecule has 0 unspecified atom stereocenters. The molecule has 1 saturated heterocycles. The van der Waals surface area contributed by atoms with Gasteiger partial charge in [0.1, 0.15) is 5.78 Å². The second-order valence-electron chi connectivity index (χ2n) is 7.20. The molecule has 1 heterocycles. The minimum absolute atomic E-state index is 0.0442. The molecule has 0 atom stereocenters. The quantitative estimate of drug-likeness (QED) is 0.800. The van der Waals surface area contributed by atoms with E-state index in [1.165, 1.54) is 0 Å². The molecular formula is C18H36N2O2. The molecule has 0 N–H and O–H groups in total. The number of rotatable bonds is 4. The molecule has 1 aliphatic rings. The monoisotopic (exact) mass is 312 g/mol. The summed E-state index contributed by atoms with van der Waals surface area (Å²) in [5.41, 5.74) is -0.614. The summed E-state index contributed by atoms with van der Waals surface area (Å²) in [6, 6.07) is 0. The summed E-state index contributed by atoms with van der Waals surface area (Å²) in [5.74, 6) is 0.485. The van der Waals surface area contributed by atoms with Crippen LogP contribution in [0, 0.1) is 11.3 Å². The number of ketones is 1. The summed E-state index contributed by atoms with van der Waals surface area (Å²) in [4.78, 5) is 28.2. The fraction of sp³-hybridized carbons (Fsp3) is 0.889. The lowest BCUT2D eigenvalue weighted by Gasteiger charge is -2.51. The first-order valence-corrected chi connectivity index (χ1v) is 8.56. The van der Waals surface area contributed by atoms with Crippen molar-refractivity contribution in [3.8, 4) is 0 Å². The topological polar surface area (TPSA) is 40.6 Å². The maximum atomic E-state index is 12.5. The lowest BCUT2D eigenvalue weighted by Crippen LogP contribution is -2.62. The summed E-state index contributed by atoms with van der Waals surface area (Å²) < 4.78 is 0. The number of nitrogens with zero attached hydrogens (tertiary/aromatic N) is 2. The van der Waals surface area contributed by atoms with Crippen LogP contribution in [0.15, 0.2) is 0 Å². The molecule has 1 rings (SSSR count). The van der Waals surface area contributed by atoms with Crippen LogP contribution in [0.5, 0.6) is 0 Å². The second kappa shape index (κ2) is 8.09. The highest BCUT2D eigenvalue weighted by Gasteiger charge is 2.47.